The van der Waals surface area contributed by atoms with Gasteiger partial charge in [0.1, 0.15) is 54.9 Å². The first-order chi connectivity index (χ1) is 20.8. The SMILES string of the molecule is NCCCN[C@H]1[C@@H](O[C@H]2[C@H](O)[C@@H](O[C@H]3O[C@H](CO)[C@@H](O)[C@H](N)[C@H]3O)[C@H](NC(=O)C3(O)CC3N)C[C@@H]2N)O[C@H](CN)[C@@H](O)[C@@H]1O. The van der Waals surface area contributed by atoms with E-state index in [0.717, 1.165) is 0 Å². The number of nitrogens with one attached hydrogen (secondary N) is 2. The largest absolute Gasteiger partial charge is 0.394 e. The second-order valence-electron chi connectivity index (χ2n) is 12.1. The summed E-state index contributed by atoms with van der Waals surface area (Å²) in [6.45, 7) is -0.140. The molecule has 0 aromatic heterocycles. The van der Waals surface area contributed by atoms with Gasteiger partial charge in [-0.1, -0.05) is 0 Å². The van der Waals surface area contributed by atoms with Gasteiger partial charge in [-0.3, -0.25) is 4.79 Å². The van der Waals surface area contributed by atoms with E-state index in [1.165, 1.54) is 0 Å². The number of hydrogen-bond acceptors (Lipinski definition) is 18. The minimum atomic E-state index is -1.82. The molecule has 17 atom stereocenters. The molecule has 44 heavy (non-hydrogen) atoms. The molecule has 4 aliphatic rings. The van der Waals surface area contributed by atoms with Crippen molar-refractivity contribution in [1.82, 2.24) is 10.6 Å². The van der Waals surface area contributed by atoms with E-state index in [1.54, 1.807) is 0 Å². The van der Waals surface area contributed by atoms with Crippen LogP contribution in [0.15, 0.2) is 0 Å². The van der Waals surface area contributed by atoms with Crippen molar-refractivity contribution in [3.05, 3.63) is 0 Å². The lowest BCUT2D eigenvalue weighted by Gasteiger charge is -2.49. The van der Waals surface area contributed by atoms with E-state index >= 15 is 0 Å². The fraction of sp³-hybridized carbons (Fsp3) is 0.960. The van der Waals surface area contributed by atoms with E-state index in [-0.39, 0.29) is 19.4 Å². The molecule has 2 saturated carbocycles. The van der Waals surface area contributed by atoms with Crippen molar-refractivity contribution in [2.75, 3.05) is 26.2 Å². The Morgan fingerprint density at radius 3 is 2.11 bits per heavy atom. The maximum Gasteiger partial charge on any atom is 0.253 e. The predicted octanol–water partition coefficient (Wildman–Crippen LogP) is -8.73. The van der Waals surface area contributed by atoms with Crippen LogP contribution in [0, 0.1) is 0 Å². The van der Waals surface area contributed by atoms with Crippen LogP contribution in [0.1, 0.15) is 19.3 Å². The fourth-order valence-electron chi connectivity index (χ4n) is 5.94. The molecule has 19 nitrogen and oxygen atoms in total. The van der Waals surface area contributed by atoms with Gasteiger partial charge in [0.15, 0.2) is 18.2 Å². The summed E-state index contributed by atoms with van der Waals surface area (Å²) in [5, 5.41) is 79.7. The monoisotopic (exact) mass is 639 g/mol. The van der Waals surface area contributed by atoms with Crippen molar-refractivity contribution >= 4 is 5.91 Å². The van der Waals surface area contributed by atoms with Crippen LogP contribution in [0.5, 0.6) is 0 Å². The Hall–Kier alpha value is -1.21. The van der Waals surface area contributed by atoms with Crippen LogP contribution in [0.3, 0.4) is 0 Å². The number of carbonyl (C=O) groups excluding carboxylic acids is 1. The molecule has 0 aromatic rings. The molecule has 2 heterocycles. The lowest BCUT2D eigenvalue weighted by atomic mass is 9.83. The number of hydrogen-bond donors (Lipinski definition) is 14. The van der Waals surface area contributed by atoms with Crippen LogP contribution in [0.2, 0.25) is 0 Å². The van der Waals surface area contributed by atoms with E-state index in [9.17, 15) is 40.5 Å². The summed E-state index contributed by atoms with van der Waals surface area (Å²) in [5.74, 6) is -0.824. The molecule has 0 bridgehead atoms. The van der Waals surface area contributed by atoms with Gasteiger partial charge in [-0.2, -0.15) is 0 Å². The number of rotatable bonds is 12. The third-order valence-electron chi connectivity index (χ3n) is 8.93. The summed E-state index contributed by atoms with van der Waals surface area (Å²) >= 11 is 0. The Balaban J connectivity index is 1.58. The van der Waals surface area contributed by atoms with E-state index in [2.05, 4.69) is 10.6 Å². The zero-order valence-electron chi connectivity index (χ0n) is 24.2. The minimum absolute atomic E-state index is 0.0147. The molecule has 0 spiro atoms. The normalized spacial score (nSPS) is 49.5. The first-order valence-electron chi connectivity index (χ1n) is 14.9. The van der Waals surface area contributed by atoms with Crippen LogP contribution in [-0.2, 0) is 23.7 Å². The summed E-state index contributed by atoms with van der Waals surface area (Å²) in [6, 6.07) is -5.15. The van der Waals surface area contributed by atoms with Crippen molar-refractivity contribution in [1.29, 1.82) is 0 Å². The Labute approximate surface area is 253 Å². The van der Waals surface area contributed by atoms with Crippen LogP contribution >= 0.6 is 0 Å². The molecule has 2 unspecified atom stereocenters. The summed E-state index contributed by atoms with van der Waals surface area (Å²) in [5.41, 5.74) is 27.6. The van der Waals surface area contributed by atoms with Crippen molar-refractivity contribution in [2.24, 2.45) is 28.7 Å². The van der Waals surface area contributed by atoms with E-state index in [1.807, 2.05) is 0 Å². The minimum Gasteiger partial charge on any atom is -0.394 e. The highest BCUT2D eigenvalue weighted by Gasteiger charge is 2.59. The average Bonchev–Trinajstić information content (AvgIpc) is 3.62. The topological polar surface area (TPSA) is 350 Å². The van der Waals surface area contributed by atoms with Gasteiger partial charge in [-0.25, -0.2) is 0 Å². The summed E-state index contributed by atoms with van der Waals surface area (Å²) in [6.07, 6.45) is -14.8. The number of carbonyl (C=O) groups is 1. The molecule has 2 aliphatic carbocycles. The van der Waals surface area contributed by atoms with Crippen molar-refractivity contribution in [3.8, 4) is 0 Å². The van der Waals surface area contributed by atoms with Gasteiger partial charge in [0.2, 0.25) is 0 Å². The van der Waals surface area contributed by atoms with E-state index < -0.39 is 116 Å². The molecule has 2 aliphatic heterocycles. The van der Waals surface area contributed by atoms with Gasteiger partial charge in [0.25, 0.3) is 5.91 Å². The Morgan fingerprint density at radius 2 is 1.52 bits per heavy atom. The summed E-state index contributed by atoms with van der Waals surface area (Å²) in [7, 11) is 0. The first-order valence-corrected chi connectivity index (χ1v) is 14.9. The molecule has 0 aromatic carbocycles. The fourth-order valence-corrected chi connectivity index (χ4v) is 5.94. The number of aliphatic hydroxyl groups is 7. The van der Waals surface area contributed by atoms with Crippen LogP contribution in [0.4, 0.5) is 0 Å². The number of ether oxygens (including phenoxy) is 4. The summed E-state index contributed by atoms with van der Waals surface area (Å²) < 4.78 is 23.5. The van der Waals surface area contributed by atoms with Crippen molar-refractivity contribution in [2.45, 2.75) is 123 Å². The molecule has 4 fully saturated rings. The molecule has 19 N–H and O–H groups in total. The highest BCUT2D eigenvalue weighted by molar-refractivity contribution is 5.89. The van der Waals surface area contributed by atoms with Gasteiger partial charge in [-0.15, -0.1) is 0 Å². The van der Waals surface area contributed by atoms with Crippen molar-refractivity contribution < 1.29 is 59.5 Å². The maximum absolute atomic E-state index is 12.9. The third-order valence-corrected chi connectivity index (χ3v) is 8.93. The maximum atomic E-state index is 12.9. The second-order valence-corrected chi connectivity index (χ2v) is 12.1. The zero-order valence-corrected chi connectivity index (χ0v) is 24.2. The average molecular weight is 640 g/mol. The molecule has 256 valence electrons. The molecule has 0 radical (unpaired) electrons. The molecular weight excluding hydrogens is 590 g/mol. The van der Waals surface area contributed by atoms with Crippen molar-refractivity contribution in [3.63, 3.8) is 0 Å². The smallest absolute Gasteiger partial charge is 0.253 e. The van der Waals surface area contributed by atoms with Crippen LogP contribution in [-0.4, -0.2) is 171 Å². The predicted molar refractivity (Wildman–Crippen MR) is 149 cm³/mol. The second kappa shape index (κ2) is 14.7. The first kappa shape index (κ1) is 35.6. The zero-order chi connectivity index (χ0) is 32.5. The molecule has 19 heteroatoms. The Bertz CT molecular complexity index is 959. The third kappa shape index (κ3) is 7.19. The van der Waals surface area contributed by atoms with Gasteiger partial charge in [0, 0.05) is 25.0 Å². The van der Waals surface area contributed by atoms with E-state index in [4.69, 9.17) is 47.6 Å². The lowest BCUT2D eigenvalue weighted by Crippen LogP contribution is -2.70. The Kier molecular flexibility index (Phi) is 11.9. The highest BCUT2D eigenvalue weighted by Crippen LogP contribution is 2.36. The summed E-state index contributed by atoms with van der Waals surface area (Å²) in [4.78, 5) is 12.9. The van der Waals surface area contributed by atoms with Gasteiger partial charge < -0.3 is 94.0 Å². The van der Waals surface area contributed by atoms with Crippen LogP contribution < -0.4 is 39.3 Å². The number of aliphatic hydroxyl groups excluding tert-OH is 6. The number of amides is 1. The number of nitrogens with two attached hydrogens (primary N) is 5. The van der Waals surface area contributed by atoms with E-state index in [0.29, 0.717) is 19.5 Å². The van der Waals surface area contributed by atoms with Gasteiger partial charge in [-0.05, 0) is 25.9 Å². The molecular formula is C25H49N7O12. The molecule has 2 saturated heterocycles. The van der Waals surface area contributed by atoms with Gasteiger partial charge in [0.05, 0.1) is 24.7 Å². The van der Waals surface area contributed by atoms with Gasteiger partial charge >= 0.3 is 0 Å². The Morgan fingerprint density at radius 1 is 0.886 bits per heavy atom. The van der Waals surface area contributed by atoms with Crippen LogP contribution in [0.25, 0.3) is 0 Å². The highest BCUT2D eigenvalue weighted by atomic mass is 16.7. The molecule has 4 rings (SSSR count). The molecule has 1 amide bonds. The standard InChI is InChI=1S/C25H49N7O12/c26-2-1-3-31-14-18(37)16(35)10(6-27)41-22(14)43-20-8(28)4-9(32-24(39)25(40)5-12(25)29)21(19(20)38)44-23-17(36)13(30)15(34)11(7-33)42-23/h8-23,31,33-38,40H,1-7,26-30H2,(H,32,39)/t8-,9+,10+,11+,12?,13-,14+,15+,16+,17+,18+,19-,20+,21-,22+,23+,25?/m0/s1. The lowest BCUT2D eigenvalue weighted by molar-refractivity contribution is -0.321. The quantitative estimate of drug-likeness (QED) is 0.0881.